The fraction of sp³-hybridized carbons (Fsp3) is 0.200. The molecule has 0 bridgehead atoms. The summed E-state index contributed by atoms with van der Waals surface area (Å²) in [6, 6.07) is 11.6. The molecule has 3 rings (SSSR count). The van der Waals surface area contributed by atoms with Crippen molar-refractivity contribution in [2.45, 2.75) is 18.9 Å². The lowest BCUT2D eigenvalue weighted by molar-refractivity contribution is 0.0325. The van der Waals surface area contributed by atoms with E-state index in [2.05, 4.69) is 17.1 Å². The second kappa shape index (κ2) is 4.61. The van der Waals surface area contributed by atoms with Crippen LogP contribution in [0.2, 0.25) is 0 Å². The zero-order valence-corrected chi connectivity index (χ0v) is 9.87. The smallest absolute Gasteiger partial charge is 0.338 e. The molecule has 1 aliphatic rings. The molecule has 90 valence electrons. The highest BCUT2D eigenvalue weighted by molar-refractivity contribution is 5.89. The average molecular weight is 239 g/mol. The number of pyridine rings is 1. The van der Waals surface area contributed by atoms with Crippen LogP contribution in [-0.2, 0) is 17.6 Å². The third-order valence-electron chi connectivity index (χ3n) is 3.20. The molecule has 0 saturated carbocycles. The average Bonchev–Trinajstić information content (AvgIpc) is 2.82. The Hall–Kier alpha value is -2.16. The van der Waals surface area contributed by atoms with Crippen molar-refractivity contribution < 1.29 is 9.53 Å². The predicted octanol–water partition coefficient (Wildman–Crippen LogP) is 2.41. The van der Waals surface area contributed by atoms with Crippen LogP contribution in [0.4, 0.5) is 0 Å². The Bertz CT molecular complexity index is 541. The van der Waals surface area contributed by atoms with Crippen LogP contribution in [0.15, 0.2) is 48.8 Å². The topological polar surface area (TPSA) is 39.2 Å². The number of hydrogen-bond acceptors (Lipinski definition) is 3. The van der Waals surface area contributed by atoms with Gasteiger partial charge in [-0.25, -0.2) is 4.79 Å². The summed E-state index contributed by atoms with van der Waals surface area (Å²) in [5, 5.41) is 0. The number of nitrogens with zero attached hydrogens (tertiary/aromatic N) is 1. The number of fused-ring (bicyclic) bond motifs is 1. The van der Waals surface area contributed by atoms with Crippen molar-refractivity contribution in [2.75, 3.05) is 0 Å². The molecule has 0 N–H and O–H groups in total. The normalized spacial score (nSPS) is 14.2. The monoisotopic (exact) mass is 239 g/mol. The molecule has 0 spiro atoms. The third-order valence-corrected chi connectivity index (χ3v) is 3.20. The lowest BCUT2D eigenvalue weighted by Crippen LogP contribution is -2.18. The van der Waals surface area contributed by atoms with Gasteiger partial charge in [-0.3, -0.25) is 4.98 Å². The maximum absolute atomic E-state index is 11.9. The molecule has 0 radical (unpaired) electrons. The van der Waals surface area contributed by atoms with E-state index in [4.69, 9.17) is 4.74 Å². The molecule has 0 atom stereocenters. The molecule has 18 heavy (non-hydrogen) atoms. The van der Waals surface area contributed by atoms with E-state index in [1.165, 1.54) is 11.1 Å². The number of carbonyl (C=O) groups is 1. The summed E-state index contributed by atoms with van der Waals surface area (Å²) >= 11 is 0. The molecule has 3 nitrogen and oxygen atoms in total. The summed E-state index contributed by atoms with van der Waals surface area (Å²) in [6.45, 7) is 0. The number of rotatable bonds is 2. The van der Waals surface area contributed by atoms with E-state index in [1.54, 1.807) is 24.5 Å². The van der Waals surface area contributed by atoms with Crippen molar-refractivity contribution in [2.24, 2.45) is 0 Å². The van der Waals surface area contributed by atoms with Gasteiger partial charge < -0.3 is 4.74 Å². The van der Waals surface area contributed by atoms with Crippen LogP contribution in [0, 0.1) is 0 Å². The number of aromatic nitrogens is 1. The summed E-state index contributed by atoms with van der Waals surface area (Å²) in [7, 11) is 0. The van der Waals surface area contributed by atoms with Gasteiger partial charge in [0.15, 0.2) is 0 Å². The fourth-order valence-electron chi connectivity index (χ4n) is 2.31. The number of carbonyl (C=O) groups excluding carboxylic acids is 1. The Labute approximate surface area is 105 Å². The Kier molecular flexibility index (Phi) is 2.81. The number of hydrogen-bond donors (Lipinski definition) is 0. The van der Waals surface area contributed by atoms with Gasteiger partial charge in [0.05, 0.1) is 5.56 Å². The van der Waals surface area contributed by atoms with Crippen molar-refractivity contribution in [1.29, 1.82) is 0 Å². The Morgan fingerprint density at radius 2 is 1.67 bits per heavy atom. The number of ether oxygens (including phenoxy) is 1. The van der Waals surface area contributed by atoms with Crippen LogP contribution in [0.1, 0.15) is 21.5 Å². The first kappa shape index (κ1) is 11.0. The van der Waals surface area contributed by atoms with E-state index in [9.17, 15) is 4.79 Å². The molecule has 1 heterocycles. The van der Waals surface area contributed by atoms with E-state index in [0.29, 0.717) is 5.56 Å². The summed E-state index contributed by atoms with van der Waals surface area (Å²) in [5.41, 5.74) is 3.12. The molecule has 0 fully saturated rings. The van der Waals surface area contributed by atoms with Gasteiger partial charge in [0.2, 0.25) is 0 Å². The molecule has 0 unspecified atom stereocenters. The zero-order chi connectivity index (χ0) is 12.4. The molecular formula is C15H13NO2. The zero-order valence-electron chi connectivity index (χ0n) is 9.87. The molecule has 1 aromatic heterocycles. The van der Waals surface area contributed by atoms with Crippen LogP contribution in [-0.4, -0.2) is 17.1 Å². The van der Waals surface area contributed by atoms with E-state index < -0.39 is 0 Å². The van der Waals surface area contributed by atoms with Crippen molar-refractivity contribution in [3.63, 3.8) is 0 Å². The van der Waals surface area contributed by atoms with Crippen LogP contribution in [0.3, 0.4) is 0 Å². The maximum atomic E-state index is 11.9. The standard InChI is InChI=1S/C15H13NO2/c17-15(11-5-7-16-8-6-11)18-14-9-12-3-1-2-4-13(12)10-14/h1-8,14H,9-10H2. The molecular weight excluding hydrogens is 226 g/mol. The van der Waals surface area contributed by atoms with E-state index in [1.807, 2.05) is 12.1 Å². The van der Waals surface area contributed by atoms with Gasteiger partial charge in [-0.15, -0.1) is 0 Å². The quantitative estimate of drug-likeness (QED) is 0.755. The van der Waals surface area contributed by atoms with Crippen molar-refractivity contribution in [3.05, 3.63) is 65.5 Å². The van der Waals surface area contributed by atoms with E-state index in [-0.39, 0.29) is 12.1 Å². The summed E-state index contributed by atoms with van der Waals surface area (Å²) in [5.74, 6) is -0.268. The van der Waals surface area contributed by atoms with Crippen molar-refractivity contribution in [3.8, 4) is 0 Å². The van der Waals surface area contributed by atoms with Gasteiger partial charge >= 0.3 is 5.97 Å². The summed E-state index contributed by atoms with van der Waals surface area (Å²) < 4.78 is 5.51. The largest absolute Gasteiger partial charge is 0.458 e. The predicted molar refractivity (Wildman–Crippen MR) is 67.3 cm³/mol. The van der Waals surface area contributed by atoms with Crippen LogP contribution < -0.4 is 0 Å². The number of esters is 1. The first-order chi connectivity index (χ1) is 8.83. The second-order valence-corrected chi connectivity index (χ2v) is 4.44. The molecule has 0 amide bonds. The molecule has 3 heteroatoms. The lowest BCUT2D eigenvalue weighted by Gasteiger charge is -2.11. The van der Waals surface area contributed by atoms with Crippen molar-refractivity contribution in [1.82, 2.24) is 4.98 Å². The van der Waals surface area contributed by atoms with Crippen LogP contribution in [0.5, 0.6) is 0 Å². The van der Waals surface area contributed by atoms with Crippen LogP contribution in [0.25, 0.3) is 0 Å². The van der Waals surface area contributed by atoms with Crippen molar-refractivity contribution >= 4 is 5.97 Å². The first-order valence-corrected chi connectivity index (χ1v) is 6.01. The fourth-order valence-corrected chi connectivity index (χ4v) is 2.31. The highest BCUT2D eigenvalue weighted by atomic mass is 16.5. The minimum Gasteiger partial charge on any atom is -0.458 e. The second-order valence-electron chi connectivity index (χ2n) is 4.44. The highest BCUT2D eigenvalue weighted by Crippen LogP contribution is 2.24. The van der Waals surface area contributed by atoms with Gasteiger partial charge in [0, 0.05) is 25.2 Å². The van der Waals surface area contributed by atoms with E-state index in [0.717, 1.165) is 12.8 Å². The molecule has 0 saturated heterocycles. The van der Waals surface area contributed by atoms with Gasteiger partial charge in [-0.05, 0) is 23.3 Å². The summed E-state index contributed by atoms with van der Waals surface area (Å²) in [4.78, 5) is 15.8. The Morgan fingerprint density at radius 1 is 1.06 bits per heavy atom. The minimum absolute atomic E-state index is 0.0388. The first-order valence-electron chi connectivity index (χ1n) is 6.01. The highest BCUT2D eigenvalue weighted by Gasteiger charge is 2.24. The van der Waals surface area contributed by atoms with Gasteiger partial charge in [0.25, 0.3) is 0 Å². The Balaban J connectivity index is 1.68. The van der Waals surface area contributed by atoms with Crippen LogP contribution >= 0.6 is 0 Å². The van der Waals surface area contributed by atoms with Gasteiger partial charge in [0.1, 0.15) is 6.10 Å². The van der Waals surface area contributed by atoms with Gasteiger partial charge in [-0.2, -0.15) is 0 Å². The Morgan fingerprint density at radius 3 is 2.28 bits per heavy atom. The molecule has 1 aromatic carbocycles. The number of benzene rings is 1. The lowest BCUT2D eigenvalue weighted by atomic mass is 10.1. The molecule has 1 aliphatic carbocycles. The molecule has 0 aliphatic heterocycles. The minimum atomic E-state index is -0.268. The van der Waals surface area contributed by atoms with E-state index >= 15 is 0 Å². The SMILES string of the molecule is O=C(OC1Cc2ccccc2C1)c1ccncc1. The summed E-state index contributed by atoms with van der Waals surface area (Å²) in [6.07, 6.45) is 4.78. The van der Waals surface area contributed by atoms with Gasteiger partial charge in [-0.1, -0.05) is 24.3 Å². The third kappa shape index (κ3) is 2.12. The maximum Gasteiger partial charge on any atom is 0.338 e. The molecule has 2 aromatic rings.